The lowest BCUT2D eigenvalue weighted by molar-refractivity contribution is 0.102. The molecule has 2 aromatic rings. The molecule has 104 valence electrons. The molecule has 0 radical (unpaired) electrons. The highest BCUT2D eigenvalue weighted by molar-refractivity contribution is 9.10. The van der Waals surface area contributed by atoms with Crippen LogP contribution in [0.25, 0.3) is 0 Å². The highest BCUT2D eigenvalue weighted by Gasteiger charge is 2.11. The van der Waals surface area contributed by atoms with Gasteiger partial charge in [-0.2, -0.15) is 0 Å². The Morgan fingerprint density at radius 2 is 1.80 bits per heavy atom. The summed E-state index contributed by atoms with van der Waals surface area (Å²) in [5, 5.41) is 2.86. The molecule has 0 unspecified atom stereocenters. The molecule has 0 aliphatic rings. The number of nitrogen functional groups attached to an aromatic ring is 1. The van der Waals surface area contributed by atoms with Gasteiger partial charge < -0.3 is 11.1 Å². The van der Waals surface area contributed by atoms with Crippen molar-refractivity contribution in [3.63, 3.8) is 0 Å². The molecule has 0 aromatic heterocycles. The Bertz CT molecular complexity index is 664. The van der Waals surface area contributed by atoms with Gasteiger partial charge in [0.25, 0.3) is 5.91 Å². The van der Waals surface area contributed by atoms with E-state index in [-0.39, 0.29) is 5.91 Å². The van der Waals surface area contributed by atoms with E-state index in [1.165, 1.54) is 0 Å². The van der Waals surface area contributed by atoms with E-state index in [2.05, 4.69) is 37.2 Å². The van der Waals surface area contributed by atoms with Crippen LogP contribution in [-0.4, -0.2) is 5.91 Å². The molecule has 0 saturated carbocycles. The van der Waals surface area contributed by atoms with Crippen LogP contribution in [0.15, 0.2) is 39.3 Å². The van der Waals surface area contributed by atoms with Crippen molar-refractivity contribution in [2.45, 2.75) is 13.8 Å². The maximum absolute atomic E-state index is 12.3. The van der Waals surface area contributed by atoms with E-state index in [0.717, 1.165) is 20.1 Å². The maximum atomic E-state index is 12.3. The van der Waals surface area contributed by atoms with Gasteiger partial charge in [0.15, 0.2) is 0 Å². The maximum Gasteiger partial charge on any atom is 0.255 e. The van der Waals surface area contributed by atoms with Crippen molar-refractivity contribution < 1.29 is 4.79 Å². The highest BCUT2D eigenvalue weighted by atomic mass is 79.9. The van der Waals surface area contributed by atoms with Crippen LogP contribution in [0.2, 0.25) is 0 Å². The molecule has 2 rings (SSSR count). The van der Waals surface area contributed by atoms with E-state index in [4.69, 9.17) is 5.73 Å². The summed E-state index contributed by atoms with van der Waals surface area (Å²) in [5.74, 6) is -0.168. The minimum absolute atomic E-state index is 0.168. The van der Waals surface area contributed by atoms with Crippen LogP contribution in [0, 0.1) is 13.8 Å². The number of nitrogens with one attached hydrogen (secondary N) is 1. The predicted octanol–water partition coefficient (Wildman–Crippen LogP) is 4.66. The fourth-order valence-electron chi connectivity index (χ4n) is 1.85. The molecule has 5 heteroatoms. The van der Waals surface area contributed by atoms with Crippen LogP contribution in [-0.2, 0) is 0 Å². The molecule has 0 aliphatic carbocycles. The standard InChI is InChI=1S/C15H14Br2N2O/c1-8-3-10(6-11(16)4-8)15(20)19-14-7-13(18)9(2)5-12(14)17/h3-7H,18H2,1-2H3,(H,19,20). The van der Waals surface area contributed by atoms with Crippen molar-refractivity contribution in [1.29, 1.82) is 0 Å². The van der Waals surface area contributed by atoms with Crippen molar-refractivity contribution in [2.75, 3.05) is 11.1 Å². The molecule has 0 fully saturated rings. The number of benzene rings is 2. The Hall–Kier alpha value is -1.33. The van der Waals surface area contributed by atoms with Gasteiger partial charge in [-0.25, -0.2) is 0 Å². The van der Waals surface area contributed by atoms with E-state index >= 15 is 0 Å². The zero-order chi connectivity index (χ0) is 14.9. The summed E-state index contributed by atoms with van der Waals surface area (Å²) in [6.07, 6.45) is 0. The third-order valence-electron chi connectivity index (χ3n) is 2.91. The summed E-state index contributed by atoms with van der Waals surface area (Å²) < 4.78 is 1.69. The lowest BCUT2D eigenvalue weighted by Gasteiger charge is -2.11. The first-order valence-electron chi connectivity index (χ1n) is 6.01. The van der Waals surface area contributed by atoms with Crippen LogP contribution in [0.5, 0.6) is 0 Å². The molecule has 2 aromatic carbocycles. The van der Waals surface area contributed by atoms with Gasteiger partial charge in [0.1, 0.15) is 0 Å². The third-order valence-corrected chi connectivity index (χ3v) is 4.02. The fraction of sp³-hybridized carbons (Fsp3) is 0.133. The lowest BCUT2D eigenvalue weighted by atomic mass is 10.1. The lowest BCUT2D eigenvalue weighted by Crippen LogP contribution is -2.13. The number of carbonyl (C=O) groups excluding carboxylic acids is 1. The summed E-state index contributed by atoms with van der Waals surface area (Å²) in [6, 6.07) is 9.22. The molecule has 0 heterocycles. The molecule has 3 nitrogen and oxygen atoms in total. The first-order valence-corrected chi connectivity index (χ1v) is 7.59. The van der Waals surface area contributed by atoms with E-state index in [1.54, 1.807) is 12.1 Å². The van der Waals surface area contributed by atoms with Gasteiger partial charge >= 0.3 is 0 Å². The summed E-state index contributed by atoms with van der Waals surface area (Å²) >= 11 is 6.82. The van der Waals surface area contributed by atoms with Crippen LogP contribution in [0.4, 0.5) is 11.4 Å². The summed E-state index contributed by atoms with van der Waals surface area (Å²) in [6.45, 7) is 3.87. The molecule has 20 heavy (non-hydrogen) atoms. The van der Waals surface area contributed by atoms with Crippen molar-refractivity contribution in [3.05, 3.63) is 56.0 Å². The van der Waals surface area contributed by atoms with Crippen molar-refractivity contribution in [2.24, 2.45) is 0 Å². The van der Waals surface area contributed by atoms with Gasteiger partial charge in [-0.05, 0) is 71.2 Å². The topological polar surface area (TPSA) is 55.1 Å². The zero-order valence-electron chi connectivity index (χ0n) is 11.1. The second-order valence-corrected chi connectivity index (χ2v) is 6.43. The molecule has 0 bridgehead atoms. The number of hydrogen-bond acceptors (Lipinski definition) is 2. The SMILES string of the molecule is Cc1cc(Br)cc(C(=O)Nc2cc(N)c(C)cc2Br)c1. The smallest absolute Gasteiger partial charge is 0.255 e. The number of carbonyl (C=O) groups is 1. The second kappa shape index (κ2) is 5.97. The Kier molecular flexibility index (Phi) is 4.50. The molecule has 0 aliphatic heterocycles. The van der Waals surface area contributed by atoms with Gasteiger partial charge in [-0.1, -0.05) is 15.9 Å². The van der Waals surface area contributed by atoms with E-state index in [1.807, 2.05) is 32.0 Å². The molecule has 0 saturated heterocycles. The first kappa shape index (κ1) is 15.1. The van der Waals surface area contributed by atoms with Crippen molar-refractivity contribution in [1.82, 2.24) is 0 Å². The highest BCUT2D eigenvalue weighted by Crippen LogP contribution is 2.28. The Balaban J connectivity index is 2.30. The summed E-state index contributed by atoms with van der Waals surface area (Å²) in [5.41, 5.74) is 9.77. The molecular weight excluding hydrogens is 384 g/mol. The van der Waals surface area contributed by atoms with Crippen LogP contribution in [0.1, 0.15) is 21.5 Å². The number of anilines is 2. The van der Waals surface area contributed by atoms with E-state index in [0.29, 0.717) is 16.9 Å². The van der Waals surface area contributed by atoms with E-state index in [9.17, 15) is 4.79 Å². The quantitative estimate of drug-likeness (QED) is 0.723. The van der Waals surface area contributed by atoms with Crippen LogP contribution >= 0.6 is 31.9 Å². The minimum Gasteiger partial charge on any atom is -0.398 e. The Morgan fingerprint density at radius 1 is 1.10 bits per heavy atom. The number of amides is 1. The zero-order valence-corrected chi connectivity index (χ0v) is 14.3. The molecule has 0 atom stereocenters. The van der Waals surface area contributed by atoms with Crippen LogP contribution in [0.3, 0.4) is 0 Å². The van der Waals surface area contributed by atoms with E-state index < -0.39 is 0 Å². The first-order chi connectivity index (χ1) is 9.36. The van der Waals surface area contributed by atoms with Crippen molar-refractivity contribution >= 4 is 49.1 Å². The summed E-state index contributed by atoms with van der Waals surface area (Å²) in [7, 11) is 0. The Labute approximate surface area is 134 Å². The third kappa shape index (κ3) is 3.41. The summed E-state index contributed by atoms with van der Waals surface area (Å²) in [4.78, 5) is 12.3. The largest absolute Gasteiger partial charge is 0.398 e. The monoisotopic (exact) mass is 396 g/mol. The molecule has 3 N–H and O–H groups in total. The van der Waals surface area contributed by atoms with Crippen molar-refractivity contribution in [3.8, 4) is 0 Å². The predicted molar refractivity (Wildman–Crippen MR) is 90.1 cm³/mol. The number of rotatable bonds is 2. The normalized spacial score (nSPS) is 10.4. The average molecular weight is 398 g/mol. The van der Waals surface area contributed by atoms with Gasteiger partial charge in [-0.3, -0.25) is 4.79 Å². The van der Waals surface area contributed by atoms with Gasteiger partial charge in [0.2, 0.25) is 0 Å². The number of aryl methyl sites for hydroxylation is 2. The molecule has 1 amide bonds. The minimum atomic E-state index is -0.168. The number of hydrogen-bond donors (Lipinski definition) is 2. The van der Waals surface area contributed by atoms with Gasteiger partial charge in [-0.15, -0.1) is 0 Å². The number of nitrogens with two attached hydrogens (primary N) is 1. The number of halogens is 2. The van der Waals surface area contributed by atoms with Gasteiger partial charge in [0, 0.05) is 20.2 Å². The fourth-order valence-corrected chi connectivity index (χ4v) is 3.01. The second-order valence-electron chi connectivity index (χ2n) is 4.66. The molecular formula is C15H14Br2N2O. The van der Waals surface area contributed by atoms with Crippen LogP contribution < -0.4 is 11.1 Å². The Morgan fingerprint density at radius 3 is 2.45 bits per heavy atom. The van der Waals surface area contributed by atoms with Gasteiger partial charge in [0.05, 0.1) is 5.69 Å². The average Bonchev–Trinajstić information content (AvgIpc) is 2.34. The molecule has 0 spiro atoms.